The van der Waals surface area contributed by atoms with E-state index in [9.17, 15) is 4.79 Å². The van der Waals surface area contributed by atoms with E-state index in [4.69, 9.17) is 0 Å². The van der Waals surface area contributed by atoms with E-state index in [1.807, 2.05) is 24.3 Å². The van der Waals surface area contributed by atoms with Gasteiger partial charge in [0.15, 0.2) is 0 Å². The molecule has 0 bridgehead atoms. The second kappa shape index (κ2) is 9.84. The maximum atomic E-state index is 11.6. The number of carbonyl (C=O) groups excluding carboxylic acids is 1. The highest BCUT2D eigenvalue weighted by Gasteiger charge is 2.13. The molecule has 134 valence electrons. The first kappa shape index (κ1) is 19.0. The first-order valence-electron chi connectivity index (χ1n) is 9.01. The van der Waals surface area contributed by atoms with Crippen LogP contribution in [0.3, 0.4) is 0 Å². The lowest BCUT2D eigenvalue weighted by Crippen LogP contribution is -2.35. The van der Waals surface area contributed by atoms with Gasteiger partial charge in [-0.05, 0) is 30.8 Å². The normalized spacial score (nSPS) is 10.7. The van der Waals surface area contributed by atoms with Gasteiger partial charge in [-0.3, -0.25) is 4.79 Å². The third kappa shape index (κ3) is 5.91. The molecule has 0 aromatic heterocycles. The summed E-state index contributed by atoms with van der Waals surface area (Å²) in [7, 11) is 0. The molecule has 1 N–H and O–H groups in total. The predicted molar refractivity (Wildman–Crippen MR) is 106 cm³/mol. The average molecular weight is 339 g/mol. The highest BCUT2D eigenvalue weighted by molar-refractivity contribution is 5.92. The molecule has 2 aromatic carbocycles. The minimum atomic E-state index is -0.0455. The Labute approximate surface area is 151 Å². The minimum absolute atomic E-state index is 0.0455. The fourth-order valence-electron chi connectivity index (χ4n) is 2.94. The van der Waals surface area contributed by atoms with Gasteiger partial charge in [-0.2, -0.15) is 0 Å². The van der Waals surface area contributed by atoms with Crippen molar-refractivity contribution >= 4 is 17.3 Å². The van der Waals surface area contributed by atoms with Crippen molar-refractivity contribution in [3.63, 3.8) is 0 Å². The van der Waals surface area contributed by atoms with Crippen LogP contribution in [0.25, 0.3) is 0 Å². The van der Waals surface area contributed by atoms with Gasteiger partial charge in [-0.15, -0.1) is 0 Å². The Morgan fingerprint density at radius 1 is 0.920 bits per heavy atom. The van der Waals surface area contributed by atoms with E-state index in [1.165, 1.54) is 5.56 Å². The molecule has 4 heteroatoms. The SMILES string of the molecule is CCN(CC)CCN(Cc1ccccc1)c1ccccc1NC(C)=O. The number of benzene rings is 2. The van der Waals surface area contributed by atoms with Gasteiger partial charge in [0.1, 0.15) is 0 Å². The molecular weight excluding hydrogens is 310 g/mol. The summed E-state index contributed by atoms with van der Waals surface area (Å²) in [5, 5.41) is 2.96. The lowest BCUT2D eigenvalue weighted by molar-refractivity contribution is -0.114. The summed E-state index contributed by atoms with van der Waals surface area (Å²) in [6, 6.07) is 18.5. The molecule has 0 unspecified atom stereocenters. The number of amides is 1. The molecule has 0 saturated heterocycles. The van der Waals surface area contributed by atoms with Gasteiger partial charge in [0, 0.05) is 26.6 Å². The number of carbonyl (C=O) groups is 1. The van der Waals surface area contributed by atoms with E-state index in [2.05, 4.69) is 59.3 Å². The minimum Gasteiger partial charge on any atom is -0.364 e. The van der Waals surface area contributed by atoms with Crippen molar-refractivity contribution in [1.29, 1.82) is 0 Å². The standard InChI is InChI=1S/C21H29N3O/c1-4-23(5-2)15-16-24(17-19-11-7-6-8-12-19)21-14-10-9-13-20(21)22-18(3)25/h6-14H,4-5,15-17H2,1-3H3,(H,22,25). The predicted octanol–water partition coefficient (Wildman–Crippen LogP) is 3.99. The molecule has 0 atom stereocenters. The van der Waals surface area contributed by atoms with Crippen LogP contribution in [0.4, 0.5) is 11.4 Å². The van der Waals surface area contributed by atoms with E-state index in [-0.39, 0.29) is 5.91 Å². The summed E-state index contributed by atoms with van der Waals surface area (Å²) in [5.74, 6) is -0.0455. The largest absolute Gasteiger partial charge is 0.364 e. The van der Waals surface area contributed by atoms with Crippen LogP contribution in [-0.4, -0.2) is 37.0 Å². The van der Waals surface area contributed by atoms with Gasteiger partial charge in [0.25, 0.3) is 0 Å². The number of nitrogens with one attached hydrogen (secondary N) is 1. The molecule has 0 spiro atoms. The summed E-state index contributed by atoms with van der Waals surface area (Å²) in [6.45, 7) is 10.7. The van der Waals surface area contributed by atoms with Crippen LogP contribution in [-0.2, 0) is 11.3 Å². The summed E-state index contributed by atoms with van der Waals surface area (Å²) in [4.78, 5) is 16.3. The van der Waals surface area contributed by atoms with Gasteiger partial charge in [0.05, 0.1) is 11.4 Å². The molecule has 0 aliphatic heterocycles. The van der Waals surface area contributed by atoms with E-state index in [0.717, 1.165) is 44.1 Å². The Bertz CT molecular complexity index is 653. The molecule has 0 saturated carbocycles. The van der Waals surface area contributed by atoms with Crippen molar-refractivity contribution in [2.24, 2.45) is 0 Å². The van der Waals surface area contributed by atoms with Gasteiger partial charge in [-0.1, -0.05) is 56.3 Å². The van der Waals surface area contributed by atoms with Crippen molar-refractivity contribution in [3.05, 3.63) is 60.2 Å². The summed E-state index contributed by atoms with van der Waals surface area (Å²) in [6.07, 6.45) is 0. The first-order chi connectivity index (χ1) is 12.1. The molecule has 25 heavy (non-hydrogen) atoms. The Kier molecular flexibility index (Phi) is 7.48. The number of hydrogen-bond donors (Lipinski definition) is 1. The zero-order valence-electron chi connectivity index (χ0n) is 15.5. The molecule has 2 rings (SSSR count). The van der Waals surface area contributed by atoms with Crippen molar-refractivity contribution in [2.45, 2.75) is 27.3 Å². The second-order valence-corrected chi connectivity index (χ2v) is 6.13. The number of nitrogens with zero attached hydrogens (tertiary/aromatic N) is 2. The summed E-state index contributed by atoms with van der Waals surface area (Å²) in [5.41, 5.74) is 3.19. The van der Waals surface area contributed by atoms with Crippen LogP contribution in [0, 0.1) is 0 Å². The summed E-state index contributed by atoms with van der Waals surface area (Å²) < 4.78 is 0. The third-order valence-electron chi connectivity index (χ3n) is 4.35. The number of hydrogen-bond acceptors (Lipinski definition) is 3. The number of likely N-dealkylation sites (N-methyl/N-ethyl adjacent to an activating group) is 1. The first-order valence-corrected chi connectivity index (χ1v) is 9.01. The fraction of sp³-hybridized carbons (Fsp3) is 0.381. The lowest BCUT2D eigenvalue weighted by Gasteiger charge is -2.30. The van der Waals surface area contributed by atoms with Crippen LogP contribution in [0.1, 0.15) is 26.3 Å². The highest BCUT2D eigenvalue weighted by atomic mass is 16.1. The molecule has 0 aliphatic carbocycles. The van der Waals surface area contributed by atoms with Crippen molar-refractivity contribution in [3.8, 4) is 0 Å². The lowest BCUT2D eigenvalue weighted by atomic mass is 10.1. The van der Waals surface area contributed by atoms with E-state index < -0.39 is 0 Å². The number of para-hydroxylation sites is 2. The van der Waals surface area contributed by atoms with Crippen LogP contribution >= 0.6 is 0 Å². The quantitative estimate of drug-likeness (QED) is 0.750. The van der Waals surface area contributed by atoms with Crippen LogP contribution in [0.5, 0.6) is 0 Å². The zero-order chi connectivity index (χ0) is 18.1. The Morgan fingerprint density at radius 3 is 2.20 bits per heavy atom. The Morgan fingerprint density at radius 2 is 1.56 bits per heavy atom. The molecule has 2 aromatic rings. The Balaban J connectivity index is 2.25. The molecule has 0 heterocycles. The average Bonchev–Trinajstić information content (AvgIpc) is 2.62. The van der Waals surface area contributed by atoms with Crippen LogP contribution in [0.2, 0.25) is 0 Å². The topological polar surface area (TPSA) is 35.6 Å². The molecule has 1 amide bonds. The van der Waals surface area contributed by atoms with Gasteiger partial charge >= 0.3 is 0 Å². The van der Waals surface area contributed by atoms with Crippen molar-refractivity contribution in [1.82, 2.24) is 4.90 Å². The molecular formula is C21H29N3O. The fourth-order valence-corrected chi connectivity index (χ4v) is 2.94. The molecule has 0 fully saturated rings. The molecule has 4 nitrogen and oxygen atoms in total. The maximum absolute atomic E-state index is 11.6. The van der Waals surface area contributed by atoms with E-state index in [0.29, 0.717) is 0 Å². The molecule has 0 aliphatic rings. The second-order valence-electron chi connectivity index (χ2n) is 6.13. The number of anilines is 2. The van der Waals surface area contributed by atoms with Gasteiger partial charge < -0.3 is 15.1 Å². The third-order valence-corrected chi connectivity index (χ3v) is 4.35. The Hall–Kier alpha value is -2.33. The number of rotatable bonds is 9. The molecule has 0 radical (unpaired) electrons. The van der Waals surface area contributed by atoms with E-state index in [1.54, 1.807) is 6.92 Å². The van der Waals surface area contributed by atoms with Crippen molar-refractivity contribution < 1.29 is 4.79 Å². The smallest absolute Gasteiger partial charge is 0.221 e. The van der Waals surface area contributed by atoms with Crippen LogP contribution in [0.15, 0.2) is 54.6 Å². The van der Waals surface area contributed by atoms with Gasteiger partial charge in [0.2, 0.25) is 5.91 Å². The summed E-state index contributed by atoms with van der Waals surface area (Å²) >= 11 is 0. The van der Waals surface area contributed by atoms with Crippen molar-refractivity contribution in [2.75, 3.05) is 36.4 Å². The van der Waals surface area contributed by atoms with E-state index >= 15 is 0 Å². The monoisotopic (exact) mass is 339 g/mol. The van der Waals surface area contributed by atoms with Gasteiger partial charge in [-0.25, -0.2) is 0 Å². The highest BCUT2D eigenvalue weighted by Crippen LogP contribution is 2.27. The maximum Gasteiger partial charge on any atom is 0.221 e. The zero-order valence-corrected chi connectivity index (χ0v) is 15.5. The van der Waals surface area contributed by atoms with Crippen LogP contribution < -0.4 is 10.2 Å².